The standard InChI is InChI=1S/C10H13NO3S/c1-2-6-8(10(12)13)15-9(11-6)7-4-3-5-14-7/h7H,2-5H2,1H3,(H,12,13). The van der Waals surface area contributed by atoms with Gasteiger partial charge in [0.25, 0.3) is 0 Å². The normalized spacial score (nSPS) is 20.7. The van der Waals surface area contributed by atoms with Crippen LogP contribution in [-0.2, 0) is 11.2 Å². The first kappa shape index (κ1) is 10.6. The summed E-state index contributed by atoms with van der Waals surface area (Å²) in [6.07, 6.45) is 2.67. The predicted octanol–water partition coefficient (Wildman–Crippen LogP) is 2.26. The van der Waals surface area contributed by atoms with E-state index in [1.807, 2.05) is 6.92 Å². The highest BCUT2D eigenvalue weighted by molar-refractivity contribution is 7.13. The Balaban J connectivity index is 2.29. The van der Waals surface area contributed by atoms with Crippen LogP contribution in [0.3, 0.4) is 0 Å². The second-order valence-corrected chi connectivity index (χ2v) is 4.52. The Morgan fingerprint density at radius 1 is 1.73 bits per heavy atom. The molecule has 1 N–H and O–H groups in total. The lowest BCUT2D eigenvalue weighted by Crippen LogP contribution is -1.97. The van der Waals surface area contributed by atoms with Gasteiger partial charge < -0.3 is 9.84 Å². The molecule has 0 spiro atoms. The highest BCUT2D eigenvalue weighted by atomic mass is 32.1. The number of aromatic carboxylic acids is 1. The van der Waals surface area contributed by atoms with E-state index in [1.54, 1.807) is 0 Å². The molecule has 0 bridgehead atoms. The van der Waals surface area contributed by atoms with Crippen LogP contribution in [0.2, 0.25) is 0 Å². The summed E-state index contributed by atoms with van der Waals surface area (Å²) in [6.45, 7) is 2.68. The maximum atomic E-state index is 10.9. The van der Waals surface area contributed by atoms with Gasteiger partial charge in [0.1, 0.15) is 16.0 Å². The number of thiazole rings is 1. The first-order chi connectivity index (χ1) is 7.22. The van der Waals surface area contributed by atoms with Crippen molar-refractivity contribution in [2.45, 2.75) is 32.3 Å². The molecule has 5 heteroatoms. The molecular weight excluding hydrogens is 214 g/mol. The van der Waals surface area contributed by atoms with Crippen LogP contribution in [0.5, 0.6) is 0 Å². The van der Waals surface area contributed by atoms with Crippen LogP contribution in [0.1, 0.15) is 46.2 Å². The molecule has 2 heterocycles. The fourth-order valence-corrected chi connectivity index (χ4v) is 2.76. The third-order valence-corrected chi connectivity index (χ3v) is 3.63. The minimum absolute atomic E-state index is 0.0217. The van der Waals surface area contributed by atoms with E-state index in [1.165, 1.54) is 11.3 Å². The summed E-state index contributed by atoms with van der Waals surface area (Å²) < 4.78 is 5.49. The summed E-state index contributed by atoms with van der Waals surface area (Å²) >= 11 is 1.25. The maximum absolute atomic E-state index is 10.9. The van der Waals surface area contributed by atoms with Crippen LogP contribution in [-0.4, -0.2) is 22.7 Å². The molecule has 0 aromatic carbocycles. The minimum atomic E-state index is -0.881. The molecule has 2 rings (SSSR count). The molecule has 82 valence electrons. The lowest BCUT2D eigenvalue weighted by atomic mass is 10.2. The van der Waals surface area contributed by atoms with Gasteiger partial charge >= 0.3 is 5.97 Å². The van der Waals surface area contributed by atoms with Crippen molar-refractivity contribution < 1.29 is 14.6 Å². The molecule has 1 aromatic rings. The molecular formula is C10H13NO3S. The number of aromatic nitrogens is 1. The van der Waals surface area contributed by atoms with Gasteiger partial charge in [-0.3, -0.25) is 0 Å². The zero-order chi connectivity index (χ0) is 10.8. The lowest BCUT2D eigenvalue weighted by Gasteiger charge is -2.03. The molecule has 1 saturated heterocycles. The van der Waals surface area contributed by atoms with E-state index in [0.29, 0.717) is 17.0 Å². The molecule has 0 radical (unpaired) electrons. The smallest absolute Gasteiger partial charge is 0.347 e. The Morgan fingerprint density at radius 2 is 2.53 bits per heavy atom. The van der Waals surface area contributed by atoms with E-state index in [4.69, 9.17) is 9.84 Å². The minimum Gasteiger partial charge on any atom is -0.477 e. The number of carbonyl (C=O) groups is 1. The van der Waals surface area contributed by atoms with Crippen LogP contribution in [0.4, 0.5) is 0 Å². The van der Waals surface area contributed by atoms with Crippen molar-refractivity contribution in [2.75, 3.05) is 6.61 Å². The largest absolute Gasteiger partial charge is 0.477 e. The van der Waals surface area contributed by atoms with Crippen LogP contribution in [0, 0.1) is 0 Å². The number of carboxylic acids is 1. The zero-order valence-electron chi connectivity index (χ0n) is 8.52. The molecule has 0 aliphatic carbocycles. The fourth-order valence-electron chi connectivity index (χ4n) is 1.69. The second-order valence-electron chi connectivity index (χ2n) is 3.49. The third kappa shape index (κ3) is 2.03. The Kier molecular flexibility index (Phi) is 3.02. The van der Waals surface area contributed by atoms with Gasteiger partial charge in [-0.15, -0.1) is 11.3 Å². The van der Waals surface area contributed by atoms with E-state index in [2.05, 4.69) is 4.98 Å². The highest BCUT2D eigenvalue weighted by Gasteiger charge is 2.24. The molecule has 15 heavy (non-hydrogen) atoms. The number of carboxylic acid groups (broad SMARTS) is 1. The number of hydrogen-bond donors (Lipinski definition) is 1. The molecule has 1 aromatic heterocycles. The summed E-state index contributed by atoms with van der Waals surface area (Å²) in [5.74, 6) is -0.881. The summed E-state index contributed by atoms with van der Waals surface area (Å²) in [5.41, 5.74) is 0.679. The van der Waals surface area contributed by atoms with Crippen LogP contribution < -0.4 is 0 Å². The first-order valence-electron chi connectivity index (χ1n) is 5.07. The number of hydrogen-bond acceptors (Lipinski definition) is 4. The van der Waals surface area contributed by atoms with Gasteiger partial charge in [-0.05, 0) is 19.3 Å². The summed E-state index contributed by atoms with van der Waals surface area (Å²) in [5, 5.41) is 9.80. The van der Waals surface area contributed by atoms with Gasteiger partial charge in [0.15, 0.2) is 0 Å². The average Bonchev–Trinajstić information content (AvgIpc) is 2.86. The molecule has 1 atom stereocenters. The van der Waals surface area contributed by atoms with Crippen molar-refractivity contribution in [3.63, 3.8) is 0 Å². The number of ether oxygens (including phenoxy) is 1. The lowest BCUT2D eigenvalue weighted by molar-refractivity contribution is 0.0701. The van der Waals surface area contributed by atoms with Gasteiger partial charge in [0.05, 0.1) is 5.69 Å². The number of nitrogens with zero attached hydrogens (tertiary/aromatic N) is 1. The van der Waals surface area contributed by atoms with E-state index in [9.17, 15) is 4.79 Å². The van der Waals surface area contributed by atoms with Crippen LogP contribution >= 0.6 is 11.3 Å². The maximum Gasteiger partial charge on any atom is 0.347 e. The molecule has 0 saturated carbocycles. The van der Waals surface area contributed by atoms with E-state index in [0.717, 1.165) is 24.5 Å². The van der Waals surface area contributed by atoms with Crippen molar-refractivity contribution in [3.05, 3.63) is 15.6 Å². The van der Waals surface area contributed by atoms with Crippen LogP contribution in [0.25, 0.3) is 0 Å². The molecule has 0 amide bonds. The Morgan fingerprint density at radius 3 is 3.00 bits per heavy atom. The van der Waals surface area contributed by atoms with E-state index >= 15 is 0 Å². The van der Waals surface area contributed by atoms with E-state index < -0.39 is 5.97 Å². The van der Waals surface area contributed by atoms with Crippen molar-refractivity contribution in [3.8, 4) is 0 Å². The molecule has 1 aliphatic heterocycles. The van der Waals surface area contributed by atoms with Crippen molar-refractivity contribution in [1.29, 1.82) is 0 Å². The first-order valence-corrected chi connectivity index (χ1v) is 5.88. The molecule has 1 aliphatic rings. The molecule has 4 nitrogen and oxygen atoms in total. The van der Waals surface area contributed by atoms with Gasteiger partial charge in [-0.2, -0.15) is 0 Å². The molecule has 1 fully saturated rings. The van der Waals surface area contributed by atoms with Gasteiger partial charge in [0.2, 0.25) is 0 Å². The van der Waals surface area contributed by atoms with Gasteiger partial charge in [-0.1, -0.05) is 6.92 Å². The van der Waals surface area contributed by atoms with Crippen molar-refractivity contribution >= 4 is 17.3 Å². The Labute approximate surface area is 91.9 Å². The second kappa shape index (κ2) is 4.28. The highest BCUT2D eigenvalue weighted by Crippen LogP contribution is 2.33. The third-order valence-electron chi connectivity index (χ3n) is 2.45. The topological polar surface area (TPSA) is 59.4 Å². The summed E-state index contributed by atoms with van der Waals surface area (Å²) in [6, 6.07) is 0. The Hall–Kier alpha value is -0.940. The van der Waals surface area contributed by atoms with E-state index in [-0.39, 0.29) is 6.10 Å². The number of aryl methyl sites for hydroxylation is 1. The number of rotatable bonds is 3. The predicted molar refractivity (Wildman–Crippen MR) is 56.4 cm³/mol. The van der Waals surface area contributed by atoms with Crippen LogP contribution in [0.15, 0.2) is 0 Å². The average molecular weight is 227 g/mol. The fraction of sp³-hybridized carbons (Fsp3) is 0.600. The van der Waals surface area contributed by atoms with Gasteiger partial charge in [0, 0.05) is 6.61 Å². The monoisotopic (exact) mass is 227 g/mol. The SMILES string of the molecule is CCc1nc(C2CCCO2)sc1C(=O)O. The summed E-state index contributed by atoms with van der Waals surface area (Å²) in [7, 11) is 0. The van der Waals surface area contributed by atoms with Crippen molar-refractivity contribution in [2.24, 2.45) is 0 Å². The summed E-state index contributed by atoms with van der Waals surface area (Å²) in [4.78, 5) is 15.6. The quantitative estimate of drug-likeness (QED) is 0.860. The Bertz CT molecular complexity index is 369. The van der Waals surface area contributed by atoms with Gasteiger partial charge in [-0.25, -0.2) is 9.78 Å². The molecule has 1 unspecified atom stereocenters. The van der Waals surface area contributed by atoms with Crippen molar-refractivity contribution in [1.82, 2.24) is 4.98 Å². The zero-order valence-corrected chi connectivity index (χ0v) is 9.34.